The third-order valence-electron chi connectivity index (χ3n) is 2.22. The predicted molar refractivity (Wildman–Crippen MR) is 67.4 cm³/mol. The maximum absolute atomic E-state index is 11.7. The highest BCUT2D eigenvalue weighted by molar-refractivity contribution is 7.15. The van der Waals surface area contributed by atoms with Crippen molar-refractivity contribution in [2.24, 2.45) is 5.92 Å². The number of ether oxygens (including phenoxy) is 1. The van der Waals surface area contributed by atoms with Crippen molar-refractivity contribution in [3.05, 3.63) is 21.9 Å². The first-order valence-corrected chi connectivity index (χ1v) is 6.32. The number of rotatable bonds is 5. The fraction of sp³-hybridized carbons (Fsp3) is 0.500. The summed E-state index contributed by atoms with van der Waals surface area (Å²) in [6.07, 6.45) is 0.945. The van der Waals surface area contributed by atoms with Gasteiger partial charge in [0.25, 0.3) is 5.91 Å². The van der Waals surface area contributed by atoms with Crippen LogP contribution in [0.2, 0.25) is 0 Å². The fourth-order valence-electron chi connectivity index (χ4n) is 1.23. The van der Waals surface area contributed by atoms with Crippen molar-refractivity contribution in [3.8, 4) is 0 Å². The molecule has 0 spiro atoms. The molecule has 0 aromatic carbocycles. The van der Waals surface area contributed by atoms with Gasteiger partial charge in [-0.2, -0.15) is 0 Å². The lowest BCUT2D eigenvalue weighted by atomic mass is 10.1. The van der Waals surface area contributed by atoms with E-state index in [4.69, 9.17) is 0 Å². The van der Waals surface area contributed by atoms with Gasteiger partial charge in [0, 0.05) is 6.54 Å². The molecule has 0 fully saturated rings. The Bertz CT molecular complexity index is 398. The molecule has 17 heavy (non-hydrogen) atoms. The number of hydrogen-bond acceptors (Lipinski definition) is 4. The van der Waals surface area contributed by atoms with E-state index in [-0.39, 0.29) is 5.91 Å². The molecule has 0 aliphatic rings. The van der Waals surface area contributed by atoms with Crippen LogP contribution >= 0.6 is 11.3 Å². The summed E-state index contributed by atoms with van der Waals surface area (Å²) < 4.78 is 4.58. The predicted octanol–water partition coefficient (Wildman–Crippen LogP) is 2.31. The summed E-state index contributed by atoms with van der Waals surface area (Å²) in [5, 5.41) is 2.82. The Labute approximate surface area is 105 Å². The van der Waals surface area contributed by atoms with Crippen LogP contribution in [-0.2, 0) is 4.74 Å². The summed E-state index contributed by atoms with van der Waals surface area (Å²) in [6, 6.07) is 3.25. The molecule has 4 nitrogen and oxygen atoms in total. The molecule has 1 aromatic heterocycles. The Balaban J connectivity index is 2.52. The number of nitrogens with one attached hydrogen (secondary N) is 1. The second-order valence-corrected chi connectivity index (χ2v) is 5.18. The van der Waals surface area contributed by atoms with E-state index in [1.165, 1.54) is 7.11 Å². The van der Waals surface area contributed by atoms with Crippen LogP contribution in [0.5, 0.6) is 0 Å². The van der Waals surface area contributed by atoms with Gasteiger partial charge in [0.15, 0.2) is 0 Å². The van der Waals surface area contributed by atoms with Crippen LogP contribution in [0.4, 0.5) is 0 Å². The van der Waals surface area contributed by atoms with Gasteiger partial charge in [-0.3, -0.25) is 4.79 Å². The van der Waals surface area contributed by atoms with E-state index in [0.717, 1.165) is 17.8 Å². The minimum absolute atomic E-state index is 0.134. The maximum atomic E-state index is 11.7. The molecule has 0 radical (unpaired) electrons. The van der Waals surface area contributed by atoms with E-state index < -0.39 is 5.97 Å². The van der Waals surface area contributed by atoms with Crippen molar-refractivity contribution in [1.82, 2.24) is 5.32 Å². The summed E-state index contributed by atoms with van der Waals surface area (Å²) >= 11 is 1.15. The number of thiophene rings is 1. The van der Waals surface area contributed by atoms with Crippen LogP contribution in [-0.4, -0.2) is 25.5 Å². The van der Waals surface area contributed by atoms with Crippen LogP contribution in [0.3, 0.4) is 0 Å². The molecule has 1 N–H and O–H groups in total. The second-order valence-electron chi connectivity index (χ2n) is 4.09. The first-order chi connectivity index (χ1) is 8.04. The number of methoxy groups -OCH3 is 1. The van der Waals surface area contributed by atoms with E-state index >= 15 is 0 Å². The maximum Gasteiger partial charge on any atom is 0.348 e. The fourth-order valence-corrected chi connectivity index (χ4v) is 2.07. The molecule has 0 atom stereocenters. The van der Waals surface area contributed by atoms with Gasteiger partial charge in [-0.05, 0) is 24.5 Å². The lowest BCUT2D eigenvalue weighted by molar-refractivity contribution is 0.0606. The zero-order valence-electron chi connectivity index (χ0n) is 10.3. The smallest absolute Gasteiger partial charge is 0.348 e. The quantitative estimate of drug-likeness (QED) is 0.821. The highest BCUT2D eigenvalue weighted by atomic mass is 32.1. The number of carbonyl (C=O) groups excluding carboxylic acids is 2. The average molecular weight is 255 g/mol. The molecule has 1 aromatic rings. The van der Waals surface area contributed by atoms with Crippen LogP contribution in [0.15, 0.2) is 12.1 Å². The zero-order valence-corrected chi connectivity index (χ0v) is 11.1. The Kier molecular flexibility index (Phi) is 5.15. The molecule has 0 aliphatic carbocycles. The first kappa shape index (κ1) is 13.7. The molecular weight excluding hydrogens is 238 g/mol. The summed E-state index contributed by atoms with van der Waals surface area (Å²) in [5.41, 5.74) is 0. The summed E-state index contributed by atoms with van der Waals surface area (Å²) in [4.78, 5) is 23.9. The molecule has 5 heteroatoms. The highest BCUT2D eigenvalue weighted by Crippen LogP contribution is 2.17. The van der Waals surface area contributed by atoms with Crippen molar-refractivity contribution in [2.75, 3.05) is 13.7 Å². The van der Waals surface area contributed by atoms with Gasteiger partial charge in [-0.25, -0.2) is 4.79 Å². The first-order valence-electron chi connectivity index (χ1n) is 5.51. The van der Waals surface area contributed by atoms with Crippen molar-refractivity contribution < 1.29 is 14.3 Å². The van der Waals surface area contributed by atoms with Gasteiger partial charge < -0.3 is 10.1 Å². The molecule has 0 saturated carbocycles. The van der Waals surface area contributed by atoms with Crippen molar-refractivity contribution in [1.29, 1.82) is 0 Å². The molecule has 0 unspecified atom stereocenters. The normalized spacial score (nSPS) is 10.4. The minimum atomic E-state index is -0.406. The van der Waals surface area contributed by atoms with E-state index in [2.05, 4.69) is 23.9 Å². The summed E-state index contributed by atoms with van der Waals surface area (Å²) in [6.45, 7) is 4.86. The molecule has 0 aliphatic heterocycles. The monoisotopic (exact) mass is 255 g/mol. The second kappa shape index (κ2) is 6.39. The van der Waals surface area contributed by atoms with Crippen LogP contribution < -0.4 is 5.32 Å². The molecule has 1 amide bonds. The molecule has 1 heterocycles. The Morgan fingerprint density at radius 1 is 1.35 bits per heavy atom. The Morgan fingerprint density at radius 2 is 2.00 bits per heavy atom. The van der Waals surface area contributed by atoms with Crippen molar-refractivity contribution in [3.63, 3.8) is 0 Å². The largest absolute Gasteiger partial charge is 0.465 e. The third-order valence-corrected chi connectivity index (χ3v) is 3.29. The minimum Gasteiger partial charge on any atom is -0.465 e. The standard InChI is InChI=1S/C12H17NO3S/c1-8(2)6-7-13-11(14)9-4-5-10(17-9)12(15)16-3/h4-5,8H,6-7H2,1-3H3,(H,13,14). The van der Waals surface area contributed by atoms with E-state index in [9.17, 15) is 9.59 Å². The number of carbonyl (C=O) groups is 2. The van der Waals surface area contributed by atoms with E-state index in [1.807, 2.05) is 0 Å². The molecular formula is C12H17NO3S. The van der Waals surface area contributed by atoms with E-state index in [1.54, 1.807) is 12.1 Å². The molecule has 0 bridgehead atoms. The molecule has 1 rings (SSSR count). The van der Waals surface area contributed by atoms with Crippen molar-refractivity contribution in [2.45, 2.75) is 20.3 Å². The average Bonchev–Trinajstić information content (AvgIpc) is 2.76. The van der Waals surface area contributed by atoms with Gasteiger partial charge in [-0.1, -0.05) is 13.8 Å². The lowest BCUT2D eigenvalue weighted by Gasteiger charge is -2.05. The van der Waals surface area contributed by atoms with Gasteiger partial charge in [-0.15, -0.1) is 11.3 Å². The topological polar surface area (TPSA) is 55.4 Å². The van der Waals surface area contributed by atoms with Crippen LogP contribution in [0, 0.1) is 5.92 Å². The van der Waals surface area contributed by atoms with Gasteiger partial charge in [0.1, 0.15) is 4.88 Å². The van der Waals surface area contributed by atoms with Crippen molar-refractivity contribution >= 4 is 23.2 Å². The summed E-state index contributed by atoms with van der Waals surface area (Å²) in [7, 11) is 1.32. The lowest BCUT2D eigenvalue weighted by Crippen LogP contribution is -2.24. The number of hydrogen-bond donors (Lipinski definition) is 1. The van der Waals surface area contributed by atoms with Gasteiger partial charge in [0.2, 0.25) is 0 Å². The third kappa shape index (κ3) is 4.19. The van der Waals surface area contributed by atoms with Crippen LogP contribution in [0.1, 0.15) is 39.6 Å². The molecule has 94 valence electrons. The SMILES string of the molecule is COC(=O)c1ccc(C(=O)NCCC(C)C)s1. The van der Waals surface area contributed by atoms with Crippen LogP contribution in [0.25, 0.3) is 0 Å². The molecule has 0 saturated heterocycles. The van der Waals surface area contributed by atoms with E-state index in [0.29, 0.717) is 22.2 Å². The number of esters is 1. The zero-order chi connectivity index (χ0) is 12.8. The van der Waals surface area contributed by atoms with Gasteiger partial charge >= 0.3 is 5.97 Å². The highest BCUT2D eigenvalue weighted by Gasteiger charge is 2.13. The Morgan fingerprint density at radius 3 is 2.59 bits per heavy atom. The number of amides is 1. The Hall–Kier alpha value is -1.36. The van der Waals surface area contributed by atoms with Gasteiger partial charge in [0.05, 0.1) is 12.0 Å². The summed E-state index contributed by atoms with van der Waals surface area (Å²) in [5.74, 6) is 0.0197.